The van der Waals surface area contributed by atoms with Gasteiger partial charge in [0.15, 0.2) is 6.10 Å². The quantitative estimate of drug-likeness (QED) is 0.728. The Morgan fingerprint density at radius 3 is 2.50 bits per heavy atom. The highest BCUT2D eigenvalue weighted by Gasteiger charge is 2.15. The van der Waals surface area contributed by atoms with Crippen LogP contribution in [0.2, 0.25) is 0 Å². The SMILES string of the molecule is CC(Oc1ccc(Br)cc1)C(=O)Nc1ccc(-n2cncn2)cc1. The first-order chi connectivity index (χ1) is 11.6. The lowest BCUT2D eigenvalue weighted by atomic mass is 10.2. The average Bonchev–Trinajstić information content (AvgIpc) is 3.12. The molecule has 0 aliphatic heterocycles. The van der Waals surface area contributed by atoms with E-state index in [0.717, 1.165) is 10.2 Å². The van der Waals surface area contributed by atoms with E-state index in [1.165, 1.54) is 6.33 Å². The van der Waals surface area contributed by atoms with Crippen LogP contribution < -0.4 is 10.1 Å². The Balaban J connectivity index is 1.60. The van der Waals surface area contributed by atoms with Crippen LogP contribution in [0.1, 0.15) is 6.92 Å². The number of amides is 1. The van der Waals surface area contributed by atoms with Gasteiger partial charge in [-0.05, 0) is 55.5 Å². The van der Waals surface area contributed by atoms with Crippen molar-refractivity contribution in [2.45, 2.75) is 13.0 Å². The molecule has 1 atom stereocenters. The van der Waals surface area contributed by atoms with Crippen molar-refractivity contribution in [1.29, 1.82) is 0 Å². The normalized spacial score (nSPS) is 11.8. The highest BCUT2D eigenvalue weighted by molar-refractivity contribution is 9.10. The smallest absolute Gasteiger partial charge is 0.265 e. The van der Waals surface area contributed by atoms with Gasteiger partial charge in [-0.3, -0.25) is 4.79 Å². The second-order valence-corrected chi connectivity index (χ2v) is 6.01. The second-order valence-electron chi connectivity index (χ2n) is 5.09. The molecule has 0 fully saturated rings. The van der Waals surface area contributed by atoms with Crippen molar-refractivity contribution in [1.82, 2.24) is 14.8 Å². The minimum atomic E-state index is -0.610. The van der Waals surface area contributed by atoms with Crippen molar-refractivity contribution in [2.24, 2.45) is 0 Å². The Morgan fingerprint density at radius 1 is 1.17 bits per heavy atom. The van der Waals surface area contributed by atoms with E-state index in [1.54, 1.807) is 42.2 Å². The van der Waals surface area contributed by atoms with Gasteiger partial charge in [0.05, 0.1) is 5.69 Å². The molecule has 1 aromatic heterocycles. The van der Waals surface area contributed by atoms with E-state index in [0.29, 0.717) is 11.4 Å². The molecule has 1 heterocycles. The molecule has 1 unspecified atom stereocenters. The lowest BCUT2D eigenvalue weighted by Crippen LogP contribution is -2.30. The zero-order chi connectivity index (χ0) is 16.9. The summed E-state index contributed by atoms with van der Waals surface area (Å²) in [5.74, 6) is 0.425. The summed E-state index contributed by atoms with van der Waals surface area (Å²) in [6.45, 7) is 1.71. The van der Waals surface area contributed by atoms with E-state index in [-0.39, 0.29) is 5.91 Å². The molecule has 0 radical (unpaired) electrons. The van der Waals surface area contributed by atoms with E-state index in [4.69, 9.17) is 4.74 Å². The van der Waals surface area contributed by atoms with E-state index < -0.39 is 6.10 Å². The Hall–Kier alpha value is -2.67. The van der Waals surface area contributed by atoms with Gasteiger partial charge >= 0.3 is 0 Å². The fourth-order valence-corrected chi connectivity index (χ4v) is 2.32. The Bertz CT molecular complexity index is 802. The lowest BCUT2D eigenvalue weighted by Gasteiger charge is -2.15. The summed E-state index contributed by atoms with van der Waals surface area (Å²) in [4.78, 5) is 16.1. The average molecular weight is 387 g/mol. The number of nitrogens with zero attached hydrogens (tertiary/aromatic N) is 3. The van der Waals surface area contributed by atoms with E-state index >= 15 is 0 Å². The monoisotopic (exact) mass is 386 g/mol. The molecule has 0 saturated heterocycles. The van der Waals surface area contributed by atoms with E-state index in [2.05, 4.69) is 31.3 Å². The third-order valence-electron chi connectivity index (χ3n) is 3.31. The van der Waals surface area contributed by atoms with Gasteiger partial charge in [0, 0.05) is 10.2 Å². The fourth-order valence-electron chi connectivity index (χ4n) is 2.05. The Morgan fingerprint density at radius 2 is 1.88 bits per heavy atom. The van der Waals surface area contributed by atoms with E-state index in [1.807, 2.05) is 24.3 Å². The highest BCUT2D eigenvalue weighted by atomic mass is 79.9. The molecular formula is C17H15BrN4O2. The molecule has 122 valence electrons. The van der Waals surface area contributed by atoms with Crippen molar-refractivity contribution in [3.05, 3.63) is 65.7 Å². The fraction of sp³-hybridized carbons (Fsp3) is 0.118. The van der Waals surface area contributed by atoms with Crippen LogP contribution in [-0.2, 0) is 4.79 Å². The van der Waals surface area contributed by atoms with Crippen LogP contribution in [0, 0.1) is 0 Å². The van der Waals surface area contributed by atoms with Gasteiger partial charge in [0.25, 0.3) is 5.91 Å². The summed E-state index contributed by atoms with van der Waals surface area (Å²) >= 11 is 3.36. The molecule has 0 saturated carbocycles. The maximum absolute atomic E-state index is 12.2. The number of hydrogen-bond donors (Lipinski definition) is 1. The topological polar surface area (TPSA) is 69.0 Å². The van der Waals surface area contributed by atoms with Crippen LogP contribution in [0.25, 0.3) is 5.69 Å². The predicted octanol–water partition coefficient (Wildman–Crippen LogP) is 3.44. The first-order valence-electron chi connectivity index (χ1n) is 7.30. The number of nitrogens with one attached hydrogen (secondary N) is 1. The second kappa shape index (κ2) is 7.27. The van der Waals surface area contributed by atoms with Gasteiger partial charge in [-0.25, -0.2) is 9.67 Å². The minimum Gasteiger partial charge on any atom is -0.481 e. The molecular weight excluding hydrogens is 372 g/mol. The summed E-state index contributed by atoms with van der Waals surface area (Å²) < 4.78 is 8.23. The third-order valence-corrected chi connectivity index (χ3v) is 3.84. The number of hydrogen-bond acceptors (Lipinski definition) is 4. The number of aromatic nitrogens is 3. The van der Waals surface area contributed by atoms with Crippen LogP contribution in [0.3, 0.4) is 0 Å². The maximum Gasteiger partial charge on any atom is 0.265 e. The number of rotatable bonds is 5. The lowest BCUT2D eigenvalue weighted by molar-refractivity contribution is -0.122. The standard InChI is InChI=1S/C17H15BrN4O2/c1-12(24-16-8-2-13(18)3-9-16)17(23)21-14-4-6-15(7-5-14)22-11-19-10-20-22/h2-12H,1H3,(H,21,23). The molecule has 6 nitrogen and oxygen atoms in total. The number of carbonyl (C=O) groups is 1. The van der Waals surface area contributed by atoms with Crippen molar-refractivity contribution in [3.8, 4) is 11.4 Å². The molecule has 0 aliphatic rings. The first kappa shape index (κ1) is 16.2. The van der Waals surface area contributed by atoms with Crippen LogP contribution in [0.15, 0.2) is 65.7 Å². The van der Waals surface area contributed by atoms with Crippen molar-refractivity contribution in [3.63, 3.8) is 0 Å². The largest absolute Gasteiger partial charge is 0.481 e. The summed E-state index contributed by atoms with van der Waals surface area (Å²) in [7, 11) is 0. The molecule has 24 heavy (non-hydrogen) atoms. The van der Waals surface area contributed by atoms with Crippen molar-refractivity contribution < 1.29 is 9.53 Å². The van der Waals surface area contributed by atoms with Gasteiger partial charge in [-0.15, -0.1) is 0 Å². The molecule has 3 aromatic rings. The zero-order valence-corrected chi connectivity index (χ0v) is 14.5. The number of halogens is 1. The van der Waals surface area contributed by atoms with E-state index in [9.17, 15) is 4.79 Å². The summed E-state index contributed by atoms with van der Waals surface area (Å²) in [6.07, 6.45) is 2.47. The molecule has 0 spiro atoms. The van der Waals surface area contributed by atoms with Crippen LogP contribution in [0.4, 0.5) is 5.69 Å². The number of carbonyl (C=O) groups excluding carboxylic acids is 1. The third kappa shape index (κ3) is 3.99. The molecule has 0 bridgehead atoms. The zero-order valence-electron chi connectivity index (χ0n) is 12.9. The molecule has 1 amide bonds. The van der Waals surface area contributed by atoms with Gasteiger partial charge in [0.2, 0.25) is 0 Å². The molecule has 7 heteroatoms. The number of anilines is 1. The Labute approximate surface area is 147 Å². The van der Waals surface area contributed by atoms with Crippen molar-refractivity contribution in [2.75, 3.05) is 5.32 Å². The van der Waals surface area contributed by atoms with Crippen LogP contribution in [-0.4, -0.2) is 26.8 Å². The summed E-state index contributed by atoms with van der Waals surface area (Å²) in [6, 6.07) is 14.7. The van der Waals surface area contributed by atoms with Gasteiger partial charge in [0.1, 0.15) is 18.4 Å². The number of benzene rings is 2. The minimum absolute atomic E-state index is 0.216. The van der Waals surface area contributed by atoms with Gasteiger partial charge in [-0.1, -0.05) is 15.9 Å². The van der Waals surface area contributed by atoms with Gasteiger partial charge < -0.3 is 10.1 Å². The summed E-state index contributed by atoms with van der Waals surface area (Å²) in [5, 5.41) is 6.88. The molecule has 0 aliphatic carbocycles. The predicted molar refractivity (Wildman–Crippen MR) is 94.2 cm³/mol. The van der Waals surface area contributed by atoms with Crippen LogP contribution in [0.5, 0.6) is 5.75 Å². The van der Waals surface area contributed by atoms with Gasteiger partial charge in [-0.2, -0.15) is 5.10 Å². The van der Waals surface area contributed by atoms with Crippen LogP contribution >= 0.6 is 15.9 Å². The Kier molecular flexibility index (Phi) is 4.90. The summed E-state index contributed by atoms with van der Waals surface area (Å²) in [5.41, 5.74) is 1.56. The molecule has 2 aromatic carbocycles. The van der Waals surface area contributed by atoms with Crippen molar-refractivity contribution >= 4 is 27.5 Å². The molecule has 3 rings (SSSR count). The maximum atomic E-state index is 12.2. The molecule has 1 N–H and O–H groups in total. The number of ether oxygens (including phenoxy) is 1. The first-order valence-corrected chi connectivity index (χ1v) is 8.09. The highest BCUT2D eigenvalue weighted by Crippen LogP contribution is 2.18.